The second kappa shape index (κ2) is 2.95. The van der Waals surface area contributed by atoms with Crippen LogP contribution in [-0.4, -0.2) is 15.0 Å². The normalized spacial score (nSPS) is 11.6. The minimum absolute atomic E-state index is 0.0484. The highest BCUT2D eigenvalue weighted by molar-refractivity contribution is 5.75. The molecule has 7 heteroatoms. The molecule has 1 aromatic heterocycles. The summed E-state index contributed by atoms with van der Waals surface area (Å²) in [6, 6.07) is 2.93. The Morgan fingerprint density at radius 1 is 1.33 bits per heavy atom. The summed E-state index contributed by atoms with van der Waals surface area (Å²) >= 11 is 0. The van der Waals surface area contributed by atoms with Gasteiger partial charge in [0.05, 0.1) is 5.56 Å². The quantitative estimate of drug-likeness (QED) is 0.668. The Kier molecular flexibility index (Phi) is 1.86. The minimum Gasteiger partial charge on any atom is -0.170 e. The molecule has 2 aromatic rings. The van der Waals surface area contributed by atoms with E-state index in [2.05, 4.69) is 10.3 Å². The maximum atomic E-state index is 12.3. The summed E-state index contributed by atoms with van der Waals surface area (Å²) in [7, 11) is 0. The third-order valence-corrected chi connectivity index (χ3v) is 1.87. The molecule has 0 radical (unpaired) electrons. The SMILES string of the molecule is N#Cn1nnc2ccc(C(F)(F)F)cc21. The summed E-state index contributed by atoms with van der Waals surface area (Å²) in [5, 5.41) is 15.5. The van der Waals surface area contributed by atoms with Crippen LogP contribution < -0.4 is 0 Å². The molecule has 0 aliphatic carbocycles. The second-order valence-corrected chi connectivity index (χ2v) is 2.80. The van der Waals surface area contributed by atoms with Gasteiger partial charge in [0, 0.05) is 0 Å². The lowest BCUT2D eigenvalue weighted by molar-refractivity contribution is -0.137. The van der Waals surface area contributed by atoms with Gasteiger partial charge in [0.2, 0.25) is 6.19 Å². The molecule has 0 saturated carbocycles. The van der Waals surface area contributed by atoms with Crippen LogP contribution in [0.4, 0.5) is 13.2 Å². The topological polar surface area (TPSA) is 54.5 Å². The van der Waals surface area contributed by atoms with Crippen molar-refractivity contribution in [1.29, 1.82) is 5.26 Å². The molecule has 0 atom stereocenters. The molecule has 0 aliphatic rings. The van der Waals surface area contributed by atoms with Gasteiger partial charge in [-0.3, -0.25) is 0 Å². The molecular formula is C8H3F3N4. The van der Waals surface area contributed by atoms with Crippen molar-refractivity contribution in [2.75, 3.05) is 0 Å². The third-order valence-electron chi connectivity index (χ3n) is 1.87. The van der Waals surface area contributed by atoms with Crippen molar-refractivity contribution in [3.8, 4) is 6.19 Å². The number of hydrogen-bond donors (Lipinski definition) is 0. The van der Waals surface area contributed by atoms with Crippen LogP contribution in [0, 0.1) is 11.5 Å². The Bertz CT molecular complexity index is 549. The molecule has 0 spiro atoms. The van der Waals surface area contributed by atoms with Gasteiger partial charge >= 0.3 is 6.18 Å². The van der Waals surface area contributed by atoms with Gasteiger partial charge in [-0.05, 0) is 18.2 Å². The van der Waals surface area contributed by atoms with Crippen molar-refractivity contribution >= 4 is 11.0 Å². The first-order valence-corrected chi connectivity index (χ1v) is 3.85. The maximum absolute atomic E-state index is 12.3. The van der Waals surface area contributed by atoms with Crippen molar-refractivity contribution in [2.45, 2.75) is 6.18 Å². The number of benzene rings is 1. The van der Waals surface area contributed by atoms with E-state index in [1.165, 1.54) is 6.07 Å². The van der Waals surface area contributed by atoms with Gasteiger partial charge in [-0.2, -0.15) is 18.4 Å². The average Bonchev–Trinajstić information content (AvgIpc) is 2.57. The Morgan fingerprint density at radius 2 is 2.07 bits per heavy atom. The van der Waals surface area contributed by atoms with E-state index >= 15 is 0 Å². The molecule has 0 unspecified atom stereocenters. The van der Waals surface area contributed by atoms with Gasteiger partial charge in [-0.1, -0.05) is 5.21 Å². The first-order chi connectivity index (χ1) is 7.02. The number of rotatable bonds is 0. The minimum atomic E-state index is -4.43. The molecular weight excluding hydrogens is 209 g/mol. The molecule has 0 N–H and O–H groups in total. The monoisotopic (exact) mass is 212 g/mol. The van der Waals surface area contributed by atoms with Crippen LogP contribution in [0.25, 0.3) is 11.0 Å². The summed E-state index contributed by atoms with van der Waals surface area (Å²) < 4.78 is 37.7. The van der Waals surface area contributed by atoms with Crippen molar-refractivity contribution < 1.29 is 13.2 Å². The Labute approximate surface area is 81.5 Å². The van der Waals surface area contributed by atoms with Gasteiger partial charge < -0.3 is 0 Å². The fourth-order valence-electron chi connectivity index (χ4n) is 1.17. The molecule has 2 rings (SSSR count). The highest BCUT2D eigenvalue weighted by Crippen LogP contribution is 2.30. The van der Waals surface area contributed by atoms with Crippen LogP contribution >= 0.6 is 0 Å². The van der Waals surface area contributed by atoms with E-state index in [1.807, 2.05) is 0 Å². The standard InChI is InChI=1S/C8H3F3N4/c9-8(10,11)5-1-2-6-7(3-5)15(4-12)14-13-6/h1-3H. The molecule has 0 bridgehead atoms. The van der Waals surface area contributed by atoms with Crippen molar-refractivity contribution in [2.24, 2.45) is 0 Å². The van der Waals surface area contributed by atoms with E-state index in [0.717, 1.165) is 16.8 Å². The molecule has 0 amide bonds. The molecule has 1 heterocycles. The average molecular weight is 212 g/mol. The van der Waals surface area contributed by atoms with E-state index in [0.29, 0.717) is 0 Å². The predicted molar refractivity (Wildman–Crippen MR) is 43.5 cm³/mol. The zero-order valence-electron chi connectivity index (χ0n) is 7.15. The summed E-state index contributed by atoms with van der Waals surface area (Å²) in [6.07, 6.45) is -2.83. The Hall–Kier alpha value is -2.10. The maximum Gasteiger partial charge on any atom is 0.416 e. The van der Waals surface area contributed by atoms with Crippen LogP contribution in [0.2, 0.25) is 0 Å². The zero-order valence-corrected chi connectivity index (χ0v) is 7.15. The molecule has 4 nitrogen and oxygen atoms in total. The Balaban J connectivity index is 2.69. The van der Waals surface area contributed by atoms with Gasteiger partial charge in [-0.15, -0.1) is 9.78 Å². The molecule has 0 aliphatic heterocycles. The highest BCUT2D eigenvalue weighted by atomic mass is 19.4. The third kappa shape index (κ3) is 1.50. The lowest BCUT2D eigenvalue weighted by Crippen LogP contribution is -2.04. The van der Waals surface area contributed by atoms with E-state index in [-0.39, 0.29) is 11.0 Å². The van der Waals surface area contributed by atoms with Crippen molar-refractivity contribution in [3.63, 3.8) is 0 Å². The fourth-order valence-corrected chi connectivity index (χ4v) is 1.17. The molecule has 76 valence electrons. The van der Waals surface area contributed by atoms with Crippen LogP contribution in [-0.2, 0) is 6.18 Å². The molecule has 15 heavy (non-hydrogen) atoms. The number of alkyl halides is 3. The predicted octanol–water partition coefficient (Wildman–Crippen LogP) is 1.78. The zero-order chi connectivity index (χ0) is 11.1. The molecule has 0 saturated heterocycles. The molecule has 1 aromatic carbocycles. The Morgan fingerprint density at radius 3 is 2.67 bits per heavy atom. The lowest BCUT2D eigenvalue weighted by Gasteiger charge is -2.05. The summed E-state index contributed by atoms with van der Waals surface area (Å²) in [6.45, 7) is 0. The lowest BCUT2D eigenvalue weighted by atomic mass is 10.2. The fraction of sp³-hybridized carbons (Fsp3) is 0.125. The summed E-state index contributed by atoms with van der Waals surface area (Å²) in [5.41, 5.74) is -0.523. The van der Waals surface area contributed by atoms with Crippen molar-refractivity contribution in [3.05, 3.63) is 23.8 Å². The summed E-state index contributed by atoms with van der Waals surface area (Å²) in [4.78, 5) is 0. The second-order valence-electron chi connectivity index (χ2n) is 2.80. The van der Waals surface area contributed by atoms with Gasteiger partial charge in [0.25, 0.3) is 0 Å². The largest absolute Gasteiger partial charge is 0.416 e. The van der Waals surface area contributed by atoms with E-state index in [1.54, 1.807) is 6.19 Å². The number of aromatic nitrogens is 3. The van der Waals surface area contributed by atoms with Crippen LogP contribution in [0.1, 0.15) is 5.56 Å². The van der Waals surface area contributed by atoms with Gasteiger partial charge in [-0.25, -0.2) is 0 Å². The smallest absolute Gasteiger partial charge is 0.170 e. The van der Waals surface area contributed by atoms with E-state index in [4.69, 9.17) is 5.26 Å². The number of halogens is 3. The number of nitriles is 1. The number of fused-ring (bicyclic) bond motifs is 1. The number of nitrogens with zero attached hydrogens (tertiary/aromatic N) is 4. The van der Waals surface area contributed by atoms with E-state index < -0.39 is 11.7 Å². The molecule has 0 fully saturated rings. The highest BCUT2D eigenvalue weighted by Gasteiger charge is 2.31. The first kappa shape index (κ1) is 9.45. The van der Waals surface area contributed by atoms with Crippen LogP contribution in [0.15, 0.2) is 18.2 Å². The van der Waals surface area contributed by atoms with Crippen LogP contribution in [0.3, 0.4) is 0 Å². The first-order valence-electron chi connectivity index (χ1n) is 3.85. The van der Waals surface area contributed by atoms with Gasteiger partial charge in [0.15, 0.2) is 0 Å². The van der Waals surface area contributed by atoms with Crippen molar-refractivity contribution in [1.82, 2.24) is 15.0 Å². The van der Waals surface area contributed by atoms with E-state index in [9.17, 15) is 13.2 Å². The summed E-state index contributed by atoms with van der Waals surface area (Å²) in [5.74, 6) is 0. The van der Waals surface area contributed by atoms with Crippen LogP contribution in [0.5, 0.6) is 0 Å². The van der Waals surface area contributed by atoms with Gasteiger partial charge in [0.1, 0.15) is 11.0 Å². The number of hydrogen-bond acceptors (Lipinski definition) is 3.